The largest absolute Gasteiger partial charge is 0.540 e. The molecular formula is C13H24OPSi. The monoisotopic (exact) mass is 255 g/mol. The molecule has 0 aliphatic carbocycles. The molecule has 16 heavy (non-hydrogen) atoms. The van der Waals surface area contributed by atoms with E-state index in [-0.39, 0.29) is 0 Å². The first kappa shape index (κ1) is 13.9. The Labute approximate surface area is 103 Å². The predicted octanol–water partition coefficient (Wildman–Crippen LogP) is 5.07. The average molecular weight is 255 g/mol. The van der Waals surface area contributed by atoms with Crippen molar-refractivity contribution in [2.24, 2.45) is 0 Å². The van der Waals surface area contributed by atoms with E-state index in [0.29, 0.717) is 24.8 Å². The molecule has 1 nitrogen and oxygen atoms in total. The van der Waals surface area contributed by atoms with E-state index in [0.717, 1.165) is 5.48 Å². The van der Waals surface area contributed by atoms with Gasteiger partial charge in [-0.1, -0.05) is 49.7 Å². The Morgan fingerprint density at radius 3 is 1.88 bits per heavy atom. The SMILES string of the molecule is CC(C)[Si](Oc1[c]cc[pH]1)(C(C)C)C(C)C. The van der Waals surface area contributed by atoms with Gasteiger partial charge in [-0.25, -0.2) is 0 Å². The van der Waals surface area contributed by atoms with E-state index >= 15 is 0 Å². The lowest BCUT2D eigenvalue weighted by Crippen LogP contribution is -2.50. The Morgan fingerprint density at radius 2 is 1.56 bits per heavy atom. The van der Waals surface area contributed by atoms with E-state index in [1.165, 1.54) is 0 Å². The zero-order valence-electron chi connectivity index (χ0n) is 11.3. The summed E-state index contributed by atoms with van der Waals surface area (Å²) in [4.78, 5) is 0. The predicted molar refractivity (Wildman–Crippen MR) is 76.5 cm³/mol. The summed E-state index contributed by atoms with van der Waals surface area (Å²) in [6.07, 6.45) is 0. The Kier molecular flexibility index (Phi) is 4.69. The van der Waals surface area contributed by atoms with Gasteiger partial charge in [0.2, 0.25) is 0 Å². The van der Waals surface area contributed by atoms with E-state index in [9.17, 15) is 0 Å². The van der Waals surface area contributed by atoms with Crippen LogP contribution >= 0.6 is 8.19 Å². The Morgan fingerprint density at radius 1 is 1.06 bits per heavy atom. The zero-order valence-corrected chi connectivity index (χ0v) is 13.3. The minimum atomic E-state index is -1.73. The third-order valence-electron chi connectivity index (χ3n) is 3.50. The van der Waals surface area contributed by atoms with Gasteiger partial charge in [0.1, 0.15) is 5.48 Å². The van der Waals surface area contributed by atoms with Crippen LogP contribution in [0.3, 0.4) is 0 Å². The molecule has 0 bridgehead atoms. The van der Waals surface area contributed by atoms with Crippen LogP contribution in [0.4, 0.5) is 0 Å². The number of rotatable bonds is 5. The van der Waals surface area contributed by atoms with Crippen LogP contribution in [0.5, 0.6) is 5.48 Å². The smallest absolute Gasteiger partial charge is 0.259 e. The van der Waals surface area contributed by atoms with Crippen LogP contribution in [0.25, 0.3) is 0 Å². The van der Waals surface area contributed by atoms with Crippen LogP contribution in [-0.4, -0.2) is 8.32 Å². The van der Waals surface area contributed by atoms with Crippen LogP contribution in [0, 0.1) is 6.07 Å². The lowest BCUT2D eigenvalue weighted by molar-refractivity contribution is 0.490. The van der Waals surface area contributed by atoms with Crippen molar-refractivity contribution in [3.63, 3.8) is 0 Å². The second-order valence-corrected chi connectivity index (χ2v) is 11.8. The summed E-state index contributed by atoms with van der Waals surface area (Å²) in [7, 11) is -1.04. The summed E-state index contributed by atoms with van der Waals surface area (Å²) in [5, 5.41) is 0. The van der Waals surface area contributed by atoms with Crippen molar-refractivity contribution in [2.45, 2.75) is 58.2 Å². The molecule has 0 aliphatic heterocycles. The summed E-state index contributed by atoms with van der Waals surface area (Å²) >= 11 is 0. The first-order valence-electron chi connectivity index (χ1n) is 6.15. The van der Waals surface area contributed by atoms with Gasteiger partial charge < -0.3 is 4.43 Å². The fraction of sp³-hybridized carbons (Fsp3) is 0.692. The van der Waals surface area contributed by atoms with Crippen molar-refractivity contribution in [1.29, 1.82) is 0 Å². The summed E-state index contributed by atoms with van der Waals surface area (Å²) in [6, 6.07) is 5.23. The molecule has 1 rings (SSSR count). The number of hydrogen-bond acceptors (Lipinski definition) is 1. The van der Waals surface area contributed by atoms with Crippen LogP contribution in [-0.2, 0) is 0 Å². The fourth-order valence-corrected chi connectivity index (χ4v) is 9.24. The zero-order chi connectivity index (χ0) is 12.3. The van der Waals surface area contributed by atoms with Crippen molar-refractivity contribution in [3.8, 4) is 5.48 Å². The van der Waals surface area contributed by atoms with Crippen molar-refractivity contribution < 1.29 is 4.43 Å². The molecule has 91 valence electrons. The minimum absolute atomic E-state index is 0.646. The highest BCUT2D eigenvalue weighted by atomic mass is 31.0. The lowest BCUT2D eigenvalue weighted by Gasteiger charge is -2.41. The summed E-state index contributed by atoms with van der Waals surface area (Å²) in [5.74, 6) is 2.15. The summed E-state index contributed by atoms with van der Waals surface area (Å²) < 4.78 is 6.48. The van der Waals surface area contributed by atoms with Gasteiger partial charge in [-0.05, 0) is 28.5 Å². The molecule has 0 amide bonds. The summed E-state index contributed by atoms with van der Waals surface area (Å²) in [6.45, 7) is 13.9. The van der Waals surface area contributed by atoms with Gasteiger partial charge >= 0.3 is 0 Å². The van der Waals surface area contributed by atoms with E-state index < -0.39 is 8.32 Å². The Balaban J connectivity index is 3.02. The molecule has 0 fully saturated rings. The Bertz CT molecular complexity index is 282. The highest BCUT2D eigenvalue weighted by Crippen LogP contribution is 2.44. The molecule has 1 aromatic rings. The van der Waals surface area contributed by atoms with Crippen molar-refractivity contribution in [1.82, 2.24) is 0 Å². The van der Waals surface area contributed by atoms with E-state index in [1.54, 1.807) is 0 Å². The van der Waals surface area contributed by atoms with E-state index in [1.807, 2.05) is 6.07 Å². The second-order valence-electron chi connectivity index (χ2n) is 5.37. The van der Waals surface area contributed by atoms with Crippen LogP contribution in [0.2, 0.25) is 16.6 Å². The van der Waals surface area contributed by atoms with Crippen LogP contribution < -0.4 is 4.43 Å². The Hall–Kier alpha value is -0.203. The van der Waals surface area contributed by atoms with E-state index in [2.05, 4.69) is 53.4 Å². The van der Waals surface area contributed by atoms with Crippen molar-refractivity contribution >= 4 is 16.5 Å². The van der Waals surface area contributed by atoms with Gasteiger partial charge in [-0.15, -0.1) is 0 Å². The maximum atomic E-state index is 6.48. The van der Waals surface area contributed by atoms with Gasteiger partial charge in [0.15, 0.2) is 0 Å². The van der Waals surface area contributed by atoms with Crippen LogP contribution in [0.15, 0.2) is 11.9 Å². The maximum Gasteiger partial charge on any atom is 0.259 e. The third kappa shape index (κ3) is 2.54. The highest BCUT2D eigenvalue weighted by molar-refractivity contribution is 7.32. The highest BCUT2D eigenvalue weighted by Gasteiger charge is 2.46. The molecule has 1 heterocycles. The number of hydrogen-bond donors (Lipinski definition) is 0. The van der Waals surface area contributed by atoms with E-state index in [4.69, 9.17) is 4.43 Å². The first-order valence-corrected chi connectivity index (χ1v) is 9.37. The molecule has 0 aliphatic rings. The second kappa shape index (κ2) is 5.42. The average Bonchev–Trinajstić information content (AvgIpc) is 2.64. The van der Waals surface area contributed by atoms with Gasteiger partial charge in [-0.3, -0.25) is 0 Å². The normalized spacial score (nSPS) is 13.3. The topological polar surface area (TPSA) is 9.23 Å². The molecule has 3 heteroatoms. The molecule has 1 radical (unpaired) electrons. The molecule has 0 spiro atoms. The molecule has 1 atom stereocenters. The quantitative estimate of drug-likeness (QED) is 0.667. The molecule has 1 unspecified atom stereocenters. The molecule has 0 N–H and O–H groups in total. The molecular weight excluding hydrogens is 231 g/mol. The molecule has 0 saturated carbocycles. The van der Waals surface area contributed by atoms with Crippen LogP contribution in [0.1, 0.15) is 41.5 Å². The first-order chi connectivity index (χ1) is 7.41. The van der Waals surface area contributed by atoms with Crippen molar-refractivity contribution in [2.75, 3.05) is 0 Å². The van der Waals surface area contributed by atoms with Gasteiger partial charge in [0.05, 0.1) is 0 Å². The standard InChI is InChI=1S/C13H24OPSi/c1-10(2)16(11(3)4,12(5)6)14-13-8-7-9-15-13/h7,9-12,15H,1-6H3. The summed E-state index contributed by atoms with van der Waals surface area (Å²) in [5.41, 5.74) is 3.02. The minimum Gasteiger partial charge on any atom is -0.540 e. The van der Waals surface area contributed by atoms with Gasteiger partial charge in [0.25, 0.3) is 8.32 Å². The fourth-order valence-electron chi connectivity index (χ4n) is 2.87. The molecule has 0 aromatic carbocycles. The third-order valence-corrected chi connectivity index (χ3v) is 10.5. The van der Waals surface area contributed by atoms with Gasteiger partial charge in [-0.2, -0.15) is 0 Å². The lowest BCUT2D eigenvalue weighted by atomic mass is 10.5. The van der Waals surface area contributed by atoms with Gasteiger partial charge in [0, 0.05) is 6.07 Å². The molecule has 1 aromatic heterocycles. The molecule has 0 saturated heterocycles. The van der Waals surface area contributed by atoms with Crippen molar-refractivity contribution in [3.05, 3.63) is 17.9 Å². The maximum absolute atomic E-state index is 6.48.